The number of benzene rings is 1. The molecule has 11 heteroatoms. The van der Waals surface area contributed by atoms with E-state index in [-0.39, 0.29) is 17.7 Å². The molecular formula is C17H15Cl2N7O2. The van der Waals surface area contributed by atoms with E-state index in [9.17, 15) is 9.59 Å². The van der Waals surface area contributed by atoms with E-state index in [1.807, 2.05) is 0 Å². The Morgan fingerprint density at radius 2 is 1.86 bits per heavy atom. The molecule has 4 aromatic rings. The highest BCUT2D eigenvalue weighted by atomic mass is 35.5. The van der Waals surface area contributed by atoms with Gasteiger partial charge in [-0.1, -0.05) is 29.3 Å². The van der Waals surface area contributed by atoms with Crippen molar-refractivity contribution in [2.45, 2.75) is 6.54 Å². The quantitative estimate of drug-likeness (QED) is 0.542. The molecule has 144 valence electrons. The van der Waals surface area contributed by atoms with Gasteiger partial charge in [0.25, 0.3) is 5.56 Å². The van der Waals surface area contributed by atoms with Gasteiger partial charge in [0.15, 0.2) is 11.2 Å². The standard InChI is InChI=1S/C17H15Cl2N7O2/c1-23-13-14(22-16(23)26-8-10(20)6-21-26)24(2)17(28)25(15(13)27)7-9-3-4-11(18)12(19)5-9/h3-6,8H,7,20H2,1-2H3. The average molecular weight is 420 g/mol. The largest absolute Gasteiger partial charge is 0.396 e. The minimum Gasteiger partial charge on any atom is -0.396 e. The van der Waals surface area contributed by atoms with Crippen molar-refractivity contribution in [1.82, 2.24) is 28.5 Å². The van der Waals surface area contributed by atoms with E-state index in [1.165, 1.54) is 15.4 Å². The van der Waals surface area contributed by atoms with E-state index in [0.29, 0.717) is 27.2 Å². The molecule has 9 nitrogen and oxygen atoms in total. The Morgan fingerprint density at radius 1 is 1.11 bits per heavy atom. The summed E-state index contributed by atoms with van der Waals surface area (Å²) in [5, 5.41) is 4.87. The van der Waals surface area contributed by atoms with Gasteiger partial charge in [-0.15, -0.1) is 0 Å². The maximum absolute atomic E-state index is 13.1. The van der Waals surface area contributed by atoms with Gasteiger partial charge in [-0.05, 0) is 17.7 Å². The number of halogens is 2. The van der Waals surface area contributed by atoms with Crippen LogP contribution in [0.4, 0.5) is 5.69 Å². The maximum atomic E-state index is 13.1. The second-order valence-electron chi connectivity index (χ2n) is 6.34. The molecule has 3 heterocycles. The van der Waals surface area contributed by atoms with E-state index in [1.54, 1.807) is 43.1 Å². The molecule has 0 aliphatic heterocycles. The summed E-state index contributed by atoms with van der Waals surface area (Å²) < 4.78 is 5.48. The van der Waals surface area contributed by atoms with Crippen LogP contribution in [-0.4, -0.2) is 28.5 Å². The smallest absolute Gasteiger partial charge is 0.332 e. The number of aromatic nitrogens is 6. The highest BCUT2D eigenvalue weighted by Gasteiger charge is 2.20. The number of nitrogens with zero attached hydrogens (tertiary/aromatic N) is 6. The van der Waals surface area contributed by atoms with Gasteiger partial charge in [0.2, 0.25) is 5.95 Å². The van der Waals surface area contributed by atoms with Crippen molar-refractivity contribution in [2.75, 3.05) is 5.73 Å². The fourth-order valence-electron chi connectivity index (χ4n) is 3.04. The van der Waals surface area contributed by atoms with Gasteiger partial charge in [-0.25, -0.2) is 9.48 Å². The van der Waals surface area contributed by atoms with Crippen LogP contribution in [0.2, 0.25) is 10.0 Å². The number of nitrogens with two attached hydrogens (primary N) is 1. The van der Waals surface area contributed by atoms with Crippen LogP contribution < -0.4 is 17.0 Å². The molecule has 0 atom stereocenters. The van der Waals surface area contributed by atoms with Crippen LogP contribution in [0.15, 0.2) is 40.2 Å². The number of rotatable bonds is 3. The molecule has 0 saturated heterocycles. The molecule has 2 N–H and O–H groups in total. The molecule has 0 saturated carbocycles. The lowest BCUT2D eigenvalue weighted by molar-refractivity contribution is 0.655. The third-order valence-corrected chi connectivity index (χ3v) is 5.21. The van der Waals surface area contributed by atoms with E-state index in [4.69, 9.17) is 28.9 Å². The Morgan fingerprint density at radius 3 is 2.50 bits per heavy atom. The van der Waals surface area contributed by atoms with Crippen molar-refractivity contribution in [2.24, 2.45) is 14.1 Å². The summed E-state index contributed by atoms with van der Waals surface area (Å²) in [6.45, 7) is 0.0492. The Labute approximate surface area is 168 Å². The van der Waals surface area contributed by atoms with E-state index >= 15 is 0 Å². The van der Waals surface area contributed by atoms with Crippen LogP contribution in [-0.2, 0) is 20.6 Å². The van der Waals surface area contributed by atoms with Crippen LogP contribution in [0.5, 0.6) is 0 Å². The van der Waals surface area contributed by atoms with Gasteiger partial charge in [0.05, 0.1) is 34.7 Å². The predicted molar refractivity (Wildman–Crippen MR) is 107 cm³/mol. The zero-order valence-corrected chi connectivity index (χ0v) is 16.4. The van der Waals surface area contributed by atoms with Crippen molar-refractivity contribution in [3.8, 4) is 5.95 Å². The topological polar surface area (TPSA) is 106 Å². The van der Waals surface area contributed by atoms with E-state index < -0.39 is 11.2 Å². The molecular weight excluding hydrogens is 405 g/mol. The van der Waals surface area contributed by atoms with Crippen LogP contribution in [0.25, 0.3) is 17.1 Å². The molecule has 0 fully saturated rings. The fraction of sp³-hybridized carbons (Fsp3) is 0.176. The highest BCUT2D eigenvalue weighted by molar-refractivity contribution is 6.42. The molecule has 0 aliphatic rings. The Bertz CT molecular complexity index is 1350. The predicted octanol–water partition coefficient (Wildman–Crippen LogP) is 1.56. The number of fused-ring (bicyclic) bond motifs is 1. The molecule has 4 rings (SSSR count). The Kier molecular flexibility index (Phi) is 4.28. The second-order valence-corrected chi connectivity index (χ2v) is 7.16. The van der Waals surface area contributed by atoms with Crippen LogP contribution >= 0.6 is 23.2 Å². The van der Waals surface area contributed by atoms with E-state index in [2.05, 4.69) is 10.1 Å². The molecule has 0 bridgehead atoms. The lowest BCUT2D eigenvalue weighted by Gasteiger charge is -2.09. The van der Waals surface area contributed by atoms with Crippen LogP contribution in [0.1, 0.15) is 5.56 Å². The van der Waals surface area contributed by atoms with E-state index in [0.717, 1.165) is 4.57 Å². The molecule has 3 aromatic heterocycles. The van der Waals surface area contributed by atoms with Crippen molar-refractivity contribution in [3.05, 3.63) is 67.0 Å². The Hall–Kier alpha value is -3.04. The molecule has 1 aromatic carbocycles. The first-order chi connectivity index (χ1) is 13.3. The number of anilines is 1. The summed E-state index contributed by atoms with van der Waals surface area (Å²) in [5.74, 6) is 0.367. The minimum absolute atomic E-state index is 0.0492. The SMILES string of the molecule is Cn1c(-n2cc(N)cn2)nc2c1c(=O)n(Cc1ccc(Cl)c(Cl)c1)c(=O)n2C. The summed E-state index contributed by atoms with van der Waals surface area (Å²) in [6.07, 6.45) is 3.05. The number of nitrogen functional groups attached to an aromatic ring is 1. The van der Waals surface area contributed by atoms with Gasteiger partial charge < -0.3 is 10.3 Å². The van der Waals surface area contributed by atoms with Crippen LogP contribution in [0, 0.1) is 0 Å². The Balaban J connectivity index is 1.93. The van der Waals surface area contributed by atoms with Crippen molar-refractivity contribution in [1.29, 1.82) is 0 Å². The maximum Gasteiger partial charge on any atom is 0.332 e. The lowest BCUT2D eigenvalue weighted by Crippen LogP contribution is -2.39. The summed E-state index contributed by atoms with van der Waals surface area (Å²) in [7, 11) is 3.24. The average Bonchev–Trinajstić information content (AvgIpc) is 3.23. The third kappa shape index (κ3) is 2.79. The zero-order valence-electron chi connectivity index (χ0n) is 14.9. The first-order valence-corrected chi connectivity index (χ1v) is 8.94. The van der Waals surface area contributed by atoms with Gasteiger partial charge in [0, 0.05) is 14.1 Å². The van der Waals surface area contributed by atoms with Crippen molar-refractivity contribution < 1.29 is 0 Å². The lowest BCUT2D eigenvalue weighted by atomic mass is 10.2. The first-order valence-electron chi connectivity index (χ1n) is 8.18. The van der Waals surface area contributed by atoms with Gasteiger partial charge >= 0.3 is 5.69 Å². The molecule has 0 radical (unpaired) electrons. The van der Waals surface area contributed by atoms with Crippen molar-refractivity contribution >= 4 is 40.1 Å². The summed E-state index contributed by atoms with van der Waals surface area (Å²) >= 11 is 12.0. The van der Waals surface area contributed by atoms with Crippen molar-refractivity contribution in [3.63, 3.8) is 0 Å². The first kappa shape index (κ1) is 18.3. The molecule has 28 heavy (non-hydrogen) atoms. The van der Waals surface area contributed by atoms with Gasteiger partial charge in [0.1, 0.15) is 0 Å². The summed E-state index contributed by atoms with van der Waals surface area (Å²) in [6, 6.07) is 4.96. The number of imidazole rings is 1. The second kappa shape index (κ2) is 6.54. The molecule has 0 spiro atoms. The zero-order chi connectivity index (χ0) is 20.2. The van der Waals surface area contributed by atoms with Crippen LogP contribution in [0.3, 0.4) is 0 Å². The number of hydrogen-bond acceptors (Lipinski definition) is 5. The van der Waals surface area contributed by atoms with Gasteiger partial charge in [-0.2, -0.15) is 10.1 Å². The normalized spacial score (nSPS) is 11.4. The number of aryl methyl sites for hydroxylation is 2. The highest BCUT2D eigenvalue weighted by Crippen LogP contribution is 2.23. The monoisotopic (exact) mass is 419 g/mol. The molecule has 0 aliphatic carbocycles. The van der Waals surface area contributed by atoms with Gasteiger partial charge in [-0.3, -0.25) is 13.9 Å². The minimum atomic E-state index is -0.492. The number of hydrogen-bond donors (Lipinski definition) is 1. The molecule has 0 unspecified atom stereocenters. The summed E-state index contributed by atoms with van der Waals surface area (Å²) in [5.41, 5.74) is 6.41. The molecule has 0 amide bonds. The third-order valence-electron chi connectivity index (χ3n) is 4.47. The summed E-state index contributed by atoms with van der Waals surface area (Å²) in [4.78, 5) is 30.3. The fourth-order valence-corrected chi connectivity index (χ4v) is 3.36.